The molecule has 3 nitrogen and oxygen atoms in total. The molecule has 82 valence electrons. The van der Waals surface area contributed by atoms with Gasteiger partial charge in [-0.1, -0.05) is 22.0 Å². The summed E-state index contributed by atoms with van der Waals surface area (Å²) in [6.07, 6.45) is 1.51. The molecular weight excluding hydrogens is 278 g/mol. The van der Waals surface area contributed by atoms with Gasteiger partial charge in [0.2, 0.25) is 10.0 Å². The minimum Gasteiger partial charge on any atom is -0.218 e. The summed E-state index contributed by atoms with van der Waals surface area (Å²) in [6, 6.07) is 5.79. The highest BCUT2D eigenvalue weighted by Gasteiger charge is 2.32. The van der Waals surface area contributed by atoms with E-state index in [-0.39, 0.29) is 5.25 Å². The lowest BCUT2D eigenvalue weighted by molar-refractivity contribution is 0.572. The largest absolute Gasteiger partial charge is 0.218 e. The summed E-state index contributed by atoms with van der Waals surface area (Å²) >= 11 is 3.39. The molecule has 0 aliphatic heterocycles. The zero-order chi connectivity index (χ0) is 11.1. The van der Waals surface area contributed by atoms with Crippen molar-refractivity contribution < 1.29 is 8.42 Å². The second kappa shape index (κ2) is 3.88. The number of rotatable bonds is 2. The Kier molecular flexibility index (Phi) is 2.87. The van der Waals surface area contributed by atoms with Gasteiger partial charge < -0.3 is 0 Å². The van der Waals surface area contributed by atoms with Gasteiger partial charge in [-0.3, -0.25) is 0 Å². The minimum atomic E-state index is -3.19. The standard InChI is InChI=1S/C10H12BrNO2S/c1-12-15(13,14)10-5-2-7-6-8(11)3-4-9(7)10/h3-4,6,10,12H,2,5H2,1H3. The maximum absolute atomic E-state index is 11.7. The van der Waals surface area contributed by atoms with E-state index in [0.717, 1.165) is 22.0 Å². The van der Waals surface area contributed by atoms with Crippen molar-refractivity contribution in [3.05, 3.63) is 33.8 Å². The van der Waals surface area contributed by atoms with E-state index in [4.69, 9.17) is 0 Å². The van der Waals surface area contributed by atoms with E-state index in [2.05, 4.69) is 20.7 Å². The average Bonchev–Trinajstić information content (AvgIpc) is 2.61. The van der Waals surface area contributed by atoms with Gasteiger partial charge in [0, 0.05) is 4.47 Å². The fraction of sp³-hybridized carbons (Fsp3) is 0.400. The number of sulfonamides is 1. The van der Waals surface area contributed by atoms with Crippen LogP contribution in [0.2, 0.25) is 0 Å². The molecule has 15 heavy (non-hydrogen) atoms. The number of benzene rings is 1. The predicted octanol–water partition coefficient (Wildman–Crippen LogP) is 1.99. The summed E-state index contributed by atoms with van der Waals surface area (Å²) in [5.74, 6) is 0. The molecule has 0 spiro atoms. The Morgan fingerprint density at radius 3 is 2.87 bits per heavy atom. The molecule has 5 heteroatoms. The molecule has 1 unspecified atom stereocenters. The summed E-state index contributed by atoms with van der Waals surface area (Å²) in [5, 5.41) is -0.384. The number of hydrogen-bond donors (Lipinski definition) is 1. The number of nitrogens with one attached hydrogen (secondary N) is 1. The molecule has 1 aliphatic carbocycles. The van der Waals surface area contributed by atoms with Gasteiger partial charge in [0.25, 0.3) is 0 Å². The van der Waals surface area contributed by atoms with Gasteiger partial charge in [-0.25, -0.2) is 13.1 Å². The van der Waals surface area contributed by atoms with Crippen LogP contribution >= 0.6 is 15.9 Å². The fourth-order valence-electron chi connectivity index (χ4n) is 2.01. The first-order valence-electron chi connectivity index (χ1n) is 4.75. The second-order valence-electron chi connectivity index (χ2n) is 3.62. The molecule has 0 fully saturated rings. The van der Waals surface area contributed by atoms with Crippen molar-refractivity contribution in [2.75, 3.05) is 7.05 Å². The van der Waals surface area contributed by atoms with Crippen molar-refractivity contribution in [1.29, 1.82) is 0 Å². The predicted molar refractivity (Wildman–Crippen MR) is 63.2 cm³/mol. The summed E-state index contributed by atoms with van der Waals surface area (Å²) in [5.41, 5.74) is 2.07. The number of aryl methyl sites for hydroxylation is 1. The maximum Gasteiger partial charge on any atom is 0.218 e. The minimum absolute atomic E-state index is 0.384. The van der Waals surface area contributed by atoms with Crippen molar-refractivity contribution in [3.8, 4) is 0 Å². The molecular formula is C10H12BrNO2S. The molecule has 1 N–H and O–H groups in total. The second-order valence-corrected chi connectivity index (χ2v) is 6.60. The molecule has 1 aliphatic rings. The third-order valence-corrected chi connectivity index (χ3v) is 5.09. The van der Waals surface area contributed by atoms with Gasteiger partial charge in [0.05, 0.1) is 0 Å². The highest BCUT2D eigenvalue weighted by molar-refractivity contribution is 9.10. The van der Waals surface area contributed by atoms with E-state index in [9.17, 15) is 8.42 Å². The van der Waals surface area contributed by atoms with Crippen LogP contribution in [0.5, 0.6) is 0 Å². The topological polar surface area (TPSA) is 46.2 Å². The normalized spacial score (nSPS) is 20.3. The molecule has 0 amide bonds. The number of hydrogen-bond acceptors (Lipinski definition) is 2. The first-order valence-corrected chi connectivity index (χ1v) is 7.09. The summed E-state index contributed by atoms with van der Waals surface area (Å²) < 4.78 is 26.9. The zero-order valence-electron chi connectivity index (χ0n) is 8.33. The lowest BCUT2D eigenvalue weighted by atomic mass is 10.1. The quantitative estimate of drug-likeness (QED) is 0.905. The Morgan fingerprint density at radius 2 is 2.20 bits per heavy atom. The van der Waals surface area contributed by atoms with Crippen molar-refractivity contribution in [2.24, 2.45) is 0 Å². The van der Waals surface area contributed by atoms with Crippen molar-refractivity contribution in [2.45, 2.75) is 18.1 Å². The number of fused-ring (bicyclic) bond motifs is 1. The summed E-state index contributed by atoms with van der Waals surface area (Å²) in [4.78, 5) is 0. The number of halogens is 1. The van der Waals surface area contributed by atoms with Crippen LogP contribution in [-0.2, 0) is 16.4 Å². The summed E-state index contributed by atoms with van der Waals surface area (Å²) in [7, 11) is -1.73. The maximum atomic E-state index is 11.7. The lowest BCUT2D eigenvalue weighted by Gasteiger charge is -2.11. The average molecular weight is 290 g/mol. The Hall–Kier alpha value is -0.390. The van der Waals surface area contributed by atoms with E-state index in [1.165, 1.54) is 7.05 Å². The fourth-order valence-corrected chi connectivity index (χ4v) is 3.70. The van der Waals surface area contributed by atoms with Gasteiger partial charge in [0.15, 0.2) is 0 Å². The van der Waals surface area contributed by atoms with Gasteiger partial charge in [-0.05, 0) is 43.1 Å². The van der Waals surface area contributed by atoms with Gasteiger partial charge in [0.1, 0.15) is 5.25 Å². The molecule has 1 aromatic carbocycles. The molecule has 0 saturated carbocycles. The zero-order valence-corrected chi connectivity index (χ0v) is 10.7. The Labute approximate surface area is 98.1 Å². The van der Waals surface area contributed by atoms with Crippen LogP contribution in [0, 0.1) is 0 Å². The van der Waals surface area contributed by atoms with Crippen LogP contribution in [0.15, 0.2) is 22.7 Å². The van der Waals surface area contributed by atoms with Crippen LogP contribution in [0.3, 0.4) is 0 Å². The van der Waals surface area contributed by atoms with Crippen LogP contribution in [-0.4, -0.2) is 15.5 Å². The van der Waals surface area contributed by atoms with Crippen molar-refractivity contribution in [1.82, 2.24) is 4.72 Å². The Morgan fingerprint density at radius 1 is 1.47 bits per heavy atom. The summed E-state index contributed by atoms with van der Waals surface area (Å²) in [6.45, 7) is 0. The Balaban J connectivity index is 2.46. The SMILES string of the molecule is CNS(=O)(=O)C1CCc2cc(Br)ccc21. The van der Waals surface area contributed by atoms with Gasteiger partial charge >= 0.3 is 0 Å². The van der Waals surface area contributed by atoms with Crippen LogP contribution in [0.4, 0.5) is 0 Å². The Bertz CT molecular complexity index is 484. The van der Waals surface area contributed by atoms with E-state index in [1.807, 2.05) is 18.2 Å². The highest BCUT2D eigenvalue weighted by Crippen LogP contribution is 2.37. The first kappa shape index (κ1) is 11.1. The lowest BCUT2D eigenvalue weighted by Crippen LogP contribution is -2.24. The van der Waals surface area contributed by atoms with E-state index in [1.54, 1.807) is 0 Å². The van der Waals surface area contributed by atoms with Crippen molar-refractivity contribution in [3.63, 3.8) is 0 Å². The van der Waals surface area contributed by atoms with Crippen molar-refractivity contribution >= 4 is 26.0 Å². The third-order valence-electron chi connectivity index (χ3n) is 2.79. The first-order chi connectivity index (χ1) is 7.04. The molecule has 0 saturated heterocycles. The molecule has 0 radical (unpaired) electrons. The van der Waals surface area contributed by atoms with Crippen LogP contribution in [0.1, 0.15) is 22.8 Å². The highest BCUT2D eigenvalue weighted by atomic mass is 79.9. The van der Waals surface area contributed by atoms with E-state index < -0.39 is 10.0 Å². The molecule has 1 aromatic rings. The van der Waals surface area contributed by atoms with Crippen LogP contribution in [0.25, 0.3) is 0 Å². The smallest absolute Gasteiger partial charge is 0.218 e. The molecule has 2 rings (SSSR count). The van der Waals surface area contributed by atoms with E-state index >= 15 is 0 Å². The molecule has 0 aromatic heterocycles. The van der Waals surface area contributed by atoms with Crippen LogP contribution < -0.4 is 4.72 Å². The monoisotopic (exact) mass is 289 g/mol. The van der Waals surface area contributed by atoms with Gasteiger partial charge in [-0.2, -0.15) is 0 Å². The molecule has 0 bridgehead atoms. The molecule has 0 heterocycles. The van der Waals surface area contributed by atoms with E-state index in [0.29, 0.717) is 6.42 Å². The molecule has 1 atom stereocenters. The third kappa shape index (κ3) is 1.96. The van der Waals surface area contributed by atoms with Gasteiger partial charge in [-0.15, -0.1) is 0 Å².